The zero-order valence-electron chi connectivity index (χ0n) is 11.3. The molecule has 1 aromatic rings. The van der Waals surface area contributed by atoms with E-state index < -0.39 is 11.9 Å². The molecule has 0 saturated carbocycles. The molecular weight excluding hydrogens is 244 g/mol. The van der Waals surface area contributed by atoms with Gasteiger partial charge in [0.2, 0.25) is 0 Å². The van der Waals surface area contributed by atoms with Gasteiger partial charge in [0, 0.05) is 13.1 Å². The van der Waals surface area contributed by atoms with Crippen molar-refractivity contribution < 1.29 is 14.7 Å². The normalized spacial score (nSPS) is 11.7. The summed E-state index contributed by atoms with van der Waals surface area (Å²) in [6.45, 7) is 4.44. The van der Waals surface area contributed by atoms with E-state index in [1.807, 2.05) is 31.2 Å². The number of urea groups is 1. The van der Waals surface area contributed by atoms with Crippen LogP contribution in [0.15, 0.2) is 24.3 Å². The summed E-state index contributed by atoms with van der Waals surface area (Å²) in [4.78, 5) is 22.0. The third-order valence-electron chi connectivity index (χ3n) is 2.86. The lowest BCUT2D eigenvalue weighted by molar-refractivity contribution is -0.141. The lowest BCUT2D eigenvalue weighted by atomic mass is 10.1. The predicted octanol–water partition coefficient (Wildman–Crippen LogP) is 1.91. The van der Waals surface area contributed by atoms with Crippen molar-refractivity contribution in [3.05, 3.63) is 35.4 Å². The molecule has 0 aliphatic rings. The fourth-order valence-corrected chi connectivity index (χ4v) is 1.48. The Balaban J connectivity index is 2.21. The second-order valence-corrected chi connectivity index (χ2v) is 4.62. The van der Waals surface area contributed by atoms with E-state index >= 15 is 0 Å². The third-order valence-corrected chi connectivity index (χ3v) is 2.86. The SMILES string of the molecule is Cc1ccc(CNC(=O)NCCC(C)C(=O)O)cc1. The van der Waals surface area contributed by atoms with Crippen LogP contribution in [0.4, 0.5) is 4.79 Å². The Hall–Kier alpha value is -2.04. The monoisotopic (exact) mass is 264 g/mol. The first-order valence-corrected chi connectivity index (χ1v) is 6.29. The highest BCUT2D eigenvalue weighted by atomic mass is 16.4. The van der Waals surface area contributed by atoms with Crippen LogP contribution in [-0.4, -0.2) is 23.7 Å². The molecule has 104 valence electrons. The van der Waals surface area contributed by atoms with Crippen LogP contribution in [0, 0.1) is 12.8 Å². The average molecular weight is 264 g/mol. The van der Waals surface area contributed by atoms with E-state index in [2.05, 4.69) is 10.6 Å². The maximum Gasteiger partial charge on any atom is 0.315 e. The molecule has 3 N–H and O–H groups in total. The molecule has 0 saturated heterocycles. The van der Waals surface area contributed by atoms with Gasteiger partial charge in [-0.15, -0.1) is 0 Å². The first-order chi connectivity index (χ1) is 8.99. The van der Waals surface area contributed by atoms with E-state index in [0.717, 1.165) is 5.56 Å². The molecule has 0 aliphatic heterocycles. The maximum atomic E-state index is 11.5. The number of carboxylic acid groups (broad SMARTS) is 1. The number of nitrogens with one attached hydrogen (secondary N) is 2. The van der Waals surface area contributed by atoms with Gasteiger partial charge in [-0.1, -0.05) is 36.8 Å². The summed E-state index contributed by atoms with van der Waals surface area (Å²) in [5.41, 5.74) is 2.20. The molecular formula is C14H20N2O3. The van der Waals surface area contributed by atoms with Gasteiger partial charge in [0.05, 0.1) is 5.92 Å². The molecule has 19 heavy (non-hydrogen) atoms. The summed E-state index contributed by atoms with van der Waals surface area (Å²) in [5, 5.41) is 14.1. The molecule has 5 nitrogen and oxygen atoms in total. The molecule has 5 heteroatoms. The Kier molecular flexibility index (Phi) is 5.85. The highest BCUT2D eigenvalue weighted by Crippen LogP contribution is 2.02. The molecule has 1 rings (SSSR count). The van der Waals surface area contributed by atoms with E-state index in [4.69, 9.17) is 5.11 Å². The van der Waals surface area contributed by atoms with Crippen molar-refractivity contribution in [3.8, 4) is 0 Å². The number of carbonyl (C=O) groups excluding carboxylic acids is 1. The maximum absolute atomic E-state index is 11.5. The van der Waals surface area contributed by atoms with Crippen LogP contribution in [0.25, 0.3) is 0 Å². The van der Waals surface area contributed by atoms with Crippen LogP contribution in [0.1, 0.15) is 24.5 Å². The zero-order chi connectivity index (χ0) is 14.3. The lowest BCUT2D eigenvalue weighted by Crippen LogP contribution is -2.36. The average Bonchev–Trinajstić information content (AvgIpc) is 2.37. The number of benzene rings is 1. The number of hydrogen-bond acceptors (Lipinski definition) is 2. The van der Waals surface area contributed by atoms with Gasteiger partial charge in [-0.05, 0) is 18.9 Å². The first-order valence-electron chi connectivity index (χ1n) is 6.29. The van der Waals surface area contributed by atoms with Crippen LogP contribution in [-0.2, 0) is 11.3 Å². The molecule has 0 bridgehead atoms. The molecule has 0 aliphatic carbocycles. The van der Waals surface area contributed by atoms with Gasteiger partial charge in [0.25, 0.3) is 0 Å². The van der Waals surface area contributed by atoms with Crippen LogP contribution in [0.3, 0.4) is 0 Å². The van der Waals surface area contributed by atoms with E-state index in [9.17, 15) is 9.59 Å². The standard InChI is InChI=1S/C14H20N2O3/c1-10-3-5-12(6-4-10)9-16-14(19)15-8-7-11(2)13(17)18/h3-6,11H,7-9H2,1-2H3,(H,17,18)(H2,15,16,19). The fraction of sp³-hybridized carbons (Fsp3) is 0.429. The zero-order valence-corrected chi connectivity index (χ0v) is 11.3. The van der Waals surface area contributed by atoms with Gasteiger partial charge < -0.3 is 15.7 Å². The second-order valence-electron chi connectivity index (χ2n) is 4.62. The largest absolute Gasteiger partial charge is 0.481 e. The summed E-state index contributed by atoms with van der Waals surface area (Å²) in [5.74, 6) is -1.29. The number of carbonyl (C=O) groups is 2. The van der Waals surface area contributed by atoms with Crippen LogP contribution >= 0.6 is 0 Å². The van der Waals surface area contributed by atoms with Crippen LogP contribution in [0.2, 0.25) is 0 Å². The summed E-state index contributed by atoms with van der Waals surface area (Å²) in [7, 11) is 0. The first kappa shape index (κ1) is 15.0. The molecule has 0 heterocycles. The van der Waals surface area contributed by atoms with Crippen molar-refractivity contribution in [1.82, 2.24) is 10.6 Å². The molecule has 1 atom stereocenters. The summed E-state index contributed by atoms with van der Waals surface area (Å²) >= 11 is 0. The van der Waals surface area contributed by atoms with Crippen molar-refractivity contribution in [2.45, 2.75) is 26.8 Å². The molecule has 0 aromatic heterocycles. The number of hydrogen-bond donors (Lipinski definition) is 3. The van der Waals surface area contributed by atoms with Crippen molar-refractivity contribution in [3.63, 3.8) is 0 Å². The van der Waals surface area contributed by atoms with Crippen molar-refractivity contribution in [2.24, 2.45) is 5.92 Å². The van der Waals surface area contributed by atoms with Crippen LogP contribution < -0.4 is 10.6 Å². The number of aliphatic carboxylic acids is 1. The van der Waals surface area contributed by atoms with Crippen molar-refractivity contribution in [1.29, 1.82) is 0 Å². The Morgan fingerprint density at radius 2 is 1.84 bits per heavy atom. The minimum Gasteiger partial charge on any atom is -0.481 e. The number of rotatable bonds is 6. The Morgan fingerprint density at radius 3 is 2.42 bits per heavy atom. The number of aryl methyl sites for hydroxylation is 1. The molecule has 0 radical (unpaired) electrons. The molecule has 2 amide bonds. The Morgan fingerprint density at radius 1 is 1.21 bits per heavy atom. The Bertz CT molecular complexity index is 429. The van der Waals surface area contributed by atoms with E-state index in [-0.39, 0.29) is 6.03 Å². The second kappa shape index (κ2) is 7.41. The highest BCUT2D eigenvalue weighted by molar-refractivity contribution is 5.74. The smallest absolute Gasteiger partial charge is 0.315 e. The lowest BCUT2D eigenvalue weighted by Gasteiger charge is -2.09. The third kappa shape index (κ3) is 5.90. The summed E-state index contributed by atoms with van der Waals surface area (Å²) in [6.07, 6.45) is 0.424. The van der Waals surface area contributed by atoms with E-state index in [1.54, 1.807) is 6.92 Å². The number of amides is 2. The van der Waals surface area contributed by atoms with Gasteiger partial charge in [0.15, 0.2) is 0 Å². The van der Waals surface area contributed by atoms with E-state index in [0.29, 0.717) is 19.5 Å². The van der Waals surface area contributed by atoms with E-state index in [1.165, 1.54) is 5.56 Å². The Labute approximate surface area is 113 Å². The topological polar surface area (TPSA) is 78.4 Å². The highest BCUT2D eigenvalue weighted by Gasteiger charge is 2.10. The predicted molar refractivity (Wildman–Crippen MR) is 72.8 cm³/mol. The van der Waals surface area contributed by atoms with Gasteiger partial charge >= 0.3 is 12.0 Å². The minimum absolute atomic E-state index is 0.279. The number of carboxylic acids is 1. The summed E-state index contributed by atoms with van der Waals surface area (Å²) in [6, 6.07) is 7.62. The van der Waals surface area contributed by atoms with Gasteiger partial charge in [-0.3, -0.25) is 4.79 Å². The van der Waals surface area contributed by atoms with Gasteiger partial charge in [-0.2, -0.15) is 0 Å². The van der Waals surface area contributed by atoms with Crippen molar-refractivity contribution >= 4 is 12.0 Å². The molecule has 1 unspecified atom stereocenters. The van der Waals surface area contributed by atoms with Gasteiger partial charge in [0.1, 0.15) is 0 Å². The molecule has 1 aromatic carbocycles. The quantitative estimate of drug-likeness (QED) is 0.734. The van der Waals surface area contributed by atoms with Gasteiger partial charge in [-0.25, -0.2) is 4.79 Å². The molecule has 0 spiro atoms. The fourth-order valence-electron chi connectivity index (χ4n) is 1.48. The van der Waals surface area contributed by atoms with Crippen molar-refractivity contribution in [2.75, 3.05) is 6.54 Å². The molecule has 0 fully saturated rings. The minimum atomic E-state index is -0.845. The summed E-state index contributed by atoms with van der Waals surface area (Å²) < 4.78 is 0. The van der Waals surface area contributed by atoms with Crippen LogP contribution in [0.5, 0.6) is 0 Å².